The van der Waals surface area contributed by atoms with Gasteiger partial charge in [-0.15, -0.1) is 0 Å². The summed E-state index contributed by atoms with van der Waals surface area (Å²) >= 11 is 4.16. The number of hydrogen-bond donors (Lipinski definition) is 2. The molecule has 2 heteroatoms. The minimum atomic E-state index is 0.544. The fraction of sp³-hybridized carbons (Fsp3) is 0.385. The highest BCUT2D eigenvalue weighted by molar-refractivity contribution is 7.80. The monoisotopic (exact) mass is 221 g/mol. The van der Waals surface area contributed by atoms with Gasteiger partial charge >= 0.3 is 0 Å². The van der Waals surface area contributed by atoms with Crippen molar-refractivity contribution in [1.82, 2.24) is 0 Å². The molecule has 0 aromatic heterocycles. The maximum absolute atomic E-state index is 5.90. The lowest BCUT2D eigenvalue weighted by molar-refractivity contribution is 0.866. The van der Waals surface area contributed by atoms with E-state index in [1.807, 2.05) is 6.07 Å². The van der Waals surface area contributed by atoms with Crippen LogP contribution in [0, 0.1) is 0 Å². The van der Waals surface area contributed by atoms with Crippen LogP contribution < -0.4 is 5.73 Å². The van der Waals surface area contributed by atoms with Crippen LogP contribution in [-0.2, 0) is 0 Å². The second-order valence-corrected chi connectivity index (χ2v) is 4.40. The molecule has 0 saturated carbocycles. The minimum Gasteiger partial charge on any atom is -0.398 e. The molecule has 0 aliphatic carbocycles. The molecule has 1 aromatic rings. The van der Waals surface area contributed by atoms with E-state index in [4.69, 9.17) is 5.73 Å². The van der Waals surface area contributed by atoms with E-state index < -0.39 is 0 Å². The molecule has 0 unspecified atom stereocenters. The number of nitrogen functional groups attached to an aromatic ring is 1. The summed E-state index contributed by atoms with van der Waals surface area (Å²) in [7, 11) is 0. The normalized spacial score (nSPS) is 11.5. The first kappa shape index (κ1) is 12.2. The molecule has 0 amide bonds. The van der Waals surface area contributed by atoms with E-state index in [0.29, 0.717) is 5.92 Å². The van der Waals surface area contributed by atoms with Gasteiger partial charge in [0.1, 0.15) is 0 Å². The third-order valence-electron chi connectivity index (χ3n) is 2.37. The SMILES string of the molecule is CC(C)c1ccc(N)c(C=CCCS)c1. The molecule has 0 heterocycles. The van der Waals surface area contributed by atoms with Crippen molar-refractivity contribution < 1.29 is 0 Å². The third kappa shape index (κ3) is 3.63. The fourth-order valence-corrected chi connectivity index (χ4v) is 1.53. The van der Waals surface area contributed by atoms with E-state index in [1.165, 1.54) is 5.56 Å². The van der Waals surface area contributed by atoms with Crippen LogP contribution >= 0.6 is 12.6 Å². The molecule has 82 valence electrons. The summed E-state index contributed by atoms with van der Waals surface area (Å²) in [5.74, 6) is 1.42. The smallest absolute Gasteiger partial charge is 0.0387 e. The minimum absolute atomic E-state index is 0.544. The van der Waals surface area contributed by atoms with Gasteiger partial charge in [0, 0.05) is 5.69 Å². The Labute approximate surface area is 97.8 Å². The van der Waals surface area contributed by atoms with Gasteiger partial charge in [0.25, 0.3) is 0 Å². The maximum atomic E-state index is 5.90. The maximum Gasteiger partial charge on any atom is 0.0387 e. The Balaban J connectivity index is 2.90. The molecule has 15 heavy (non-hydrogen) atoms. The van der Waals surface area contributed by atoms with Crippen molar-refractivity contribution in [2.24, 2.45) is 0 Å². The highest BCUT2D eigenvalue weighted by atomic mass is 32.1. The van der Waals surface area contributed by atoms with Crippen molar-refractivity contribution in [1.29, 1.82) is 0 Å². The van der Waals surface area contributed by atoms with Crippen molar-refractivity contribution in [3.63, 3.8) is 0 Å². The van der Waals surface area contributed by atoms with Crippen LogP contribution in [0.15, 0.2) is 24.3 Å². The average Bonchev–Trinajstić information content (AvgIpc) is 2.20. The van der Waals surface area contributed by atoms with Crippen LogP contribution in [0.3, 0.4) is 0 Å². The summed E-state index contributed by atoms with van der Waals surface area (Å²) in [6.45, 7) is 4.37. The first-order chi connectivity index (χ1) is 7.15. The molecule has 0 saturated heterocycles. The van der Waals surface area contributed by atoms with Crippen LogP contribution in [0.5, 0.6) is 0 Å². The first-order valence-corrected chi connectivity index (χ1v) is 5.95. The van der Waals surface area contributed by atoms with Gasteiger partial charge in [-0.1, -0.05) is 32.1 Å². The van der Waals surface area contributed by atoms with E-state index in [1.54, 1.807) is 0 Å². The third-order valence-corrected chi connectivity index (χ3v) is 2.63. The molecule has 0 aliphatic rings. The molecule has 0 spiro atoms. The van der Waals surface area contributed by atoms with Gasteiger partial charge in [-0.3, -0.25) is 0 Å². The second-order valence-electron chi connectivity index (χ2n) is 3.96. The van der Waals surface area contributed by atoms with Crippen molar-refractivity contribution >= 4 is 24.4 Å². The van der Waals surface area contributed by atoms with Gasteiger partial charge < -0.3 is 5.73 Å². The number of allylic oxidation sites excluding steroid dienone is 1. The van der Waals surface area contributed by atoms with Crippen LogP contribution in [0.1, 0.15) is 37.3 Å². The summed E-state index contributed by atoms with van der Waals surface area (Å²) in [6, 6.07) is 6.24. The summed E-state index contributed by atoms with van der Waals surface area (Å²) in [5, 5.41) is 0. The number of nitrogens with two attached hydrogens (primary N) is 1. The molecule has 1 aromatic carbocycles. The number of thiol groups is 1. The Bertz CT molecular complexity index is 342. The van der Waals surface area contributed by atoms with Crippen molar-refractivity contribution in [3.05, 3.63) is 35.4 Å². The van der Waals surface area contributed by atoms with E-state index >= 15 is 0 Å². The zero-order valence-corrected chi connectivity index (χ0v) is 10.3. The Morgan fingerprint density at radius 2 is 2.13 bits per heavy atom. The van der Waals surface area contributed by atoms with Crippen molar-refractivity contribution in [3.8, 4) is 0 Å². The molecule has 0 aliphatic heterocycles. The van der Waals surface area contributed by atoms with Crippen molar-refractivity contribution in [2.75, 3.05) is 11.5 Å². The Morgan fingerprint density at radius 3 is 2.73 bits per heavy atom. The van der Waals surface area contributed by atoms with Crippen LogP contribution in [0.25, 0.3) is 6.08 Å². The van der Waals surface area contributed by atoms with Crippen LogP contribution in [0.2, 0.25) is 0 Å². The van der Waals surface area contributed by atoms with E-state index in [0.717, 1.165) is 23.4 Å². The van der Waals surface area contributed by atoms with Gasteiger partial charge in [-0.25, -0.2) is 0 Å². The van der Waals surface area contributed by atoms with Gasteiger partial charge in [-0.2, -0.15) is 12.6 Å². The lowest BCUT2D eigenvalue weighted by atomic mass is 9.99. The molecule has 0 atom stereocenters. The number of rotatable bonds is 4. The van der Waals surface area contributed by atoms with Crippen molar-refractivity contribution in [2.45, 2.75) is 26.2 Å². The second kappa shape index (κ2) is 5.86. The molecule has 2 N–H and O–H groups in total. The standard InChI is InChI=1S/C13H19NS/c1-10(2)11-6-7-13(14)12(9-11)5-3-4-8-15/h3,5-7,9-10,15H,4,8,14H2,1-2H3. The molecule has 0 fully saturated rings. The van der Waals surface area contributed by atoms with E-state index in [9.17, 15) is 0 Å². The van der Waals surface area contributed by atoms with E-state index in [-0.39, 0.29) is 0 Å². The zero-order chi connectivity index (χ0) is 11.3. The summed E-state index contributed by atoms with van der Waals surface area (Å²) < 4.78 is 0. The number of hydrogen-bond acceptors (Lipinski definition) is 2. The van der Waals surface area contributed by atoms with Crippen LogP contribution in [0.4, 0.5) is 5.69 Å². The number of benzene rings is 1. The molecule has 1 nitrogen and oxygen atoms in total. The predicted molar refractivity (Wildman–Crippen MR) is 72.4 cm³/mol. The predicted octanol–water partition coefficient (Wildman–Crippen LogP) is 3.73. The number of anilines is 1. The summed E-state index contributed by atoms with van der Waals surface area (Å²) in [6.07, 6.45) is 5.18. The largest absolute Gasteiger partial charge is 0.398 e. The molecule has 0 radical (unpaired) electrons. The summed E-state index contributed by atoms with van der Waals surface area (Å²) in [5.41, 5.74) is 9.19. The topological polar surface area (TPSA) is 26.0 Å². The van der Waals surface area contributed by atoms with E-state index in [2.05, 4.69) is 50.8 Å². The average molecular weight is 221 g/mol. The molecular formula is C13H19NS. The molecule has 1 rings (SSSR count). The molecule has 0 bridgehead atoms. The highest BCUT2D eigenvalue weighted by Gasteiger charge is 2.01. The molecular weight excluding hydrogens is 202 g/mol. The Hall–Kier alpha value is -0.890. The van der Waals surface area contributed by atoms with Gasteiger partial charge in [-0.05, 0) is 41.4 Å². The van der Waals surface area contributed by atoms with Crippen LogP contribution in [-0.4, -0.2) is 5.75 Å². The summed E-state index contributed by atoms with van der Waals surface area (Å²) in [4.78, 5) is 0. The van der Waals surface area contributed by atoms with Gasteiger partial charge in [0.2, 0.25) is 0 Å². The lowest BCUT2D eigenvalue weighted by Crippen LogP contribution is -1.93. The first-order valence-electron chi connectivity index (χ1n) is 5.32. The zero-order valence-electron chi connectivity index (χ0n) is 9.40. The quantitative estimate of drug-likeness (QED) is 0.588. The highest BCUT2D eigenvalue weighted by Crippen LogP contribution is 2.21. The fourth-order valence-electron chi connectivity index (χ4n) is 1.38. The lowest BCUT2D eigenvalue weighted by Gasteiger charge is -2.08. The van der Waals surface area contributed by atoms with Gasteiger partial charge in [0.05, 0.1) is 0 Å². The Morgan fingerprint density at radius 1 is 1.40 bits per heavy atom. The Kier molecular flexibility index (Phi) is 4.76. The van der Waals surface area contributed by atoms with Gasteiger partial charge in [0.15, 0.2) is 0 Å².